The minimum atomic E-state index is -0.960. The number of carbonyl (C=O) groups excluding carboxylic acids is 1. The second-order valence-corrected chi connectivity index (χ2v) is 6.18. The Morgan fingerprint density at radius 2 is 1.85 bits per heavy atom. The number of urea groups is 1. The second kappa shape index (κ2) is 7.50. The van der Waals surface area contributed by atoms with Crippen molar-refractivity contribution in [3.8, 4) is 0 Å². The molecule has 0 aromatic carbocycles. The molecule has 2 N–H and O–H groups in total. The normalized spacial score (nSPS) is 25.6. The molecule has 2 atom stereocenters. The monoisotopic (exact) mass is 284 g/mol. The Balaban J connectivity index is 2.57. The van der Waals surface area contributed by atoms with Crippen LogP contribution in [-0.4, -0.2) is 41.1 Å². The smallest absolute Gasteiger partial charge is 0.326 e. The quantitative estimate of drug-likeness (QED) is 0.815. The molecule has 0 aliphatic heterocycles. The van der Waals surface area contributed by atoms with Gasteiger partial charge in [-0.25, -0.2) is 9.59 Å². The highest BCUT2D eigenvalue weighted by Crippen LogP contribution is 2.26. The van der Waals surface area contributed by atoms with Crippen LogP contribution >= 0.6 is 0 Å². The third-order valence-electron chi connectivity index (χ3n) is 4.61. The number of hydrogen-bond acceptors (Lipinski definition) is 2. The molecule has 20 heavy (non-hydrogen) atoms. The van der Waals surface area contributed by atoms with E-state index in [9.17, 15) is 14.7 Å². The first kappa shape index (κ1) is 16.8. The number of carboxylic acid groups (broad SMARTS) is 1. The summed E-state index contributed by atoms with van der Waals surface area (Å²) in [5.41, 5.74) is 0. The summed E-state index contributed by atoms with van der Waals surface area (Å²) in [6.45, 7) is 6.01. The van der Waals surface area contributed by atoms with E-state index >= 15 is 0 Å². The lowest BCUT2D eigenvalue weighted by molar-refractivity contribution is -0.140. The molecule has 0 spiro atoms. The average molecular weight is 284 g/mol. The van der Waals surface area contributed by atoms with Gasteiger partial charge in [-0.3, -0.25) is 0 Å². The molecule has 5 heteroatoms. The summed E-state index contributed by atoms with van der Waals surface area (Å²) in [6, 6.07) is -0.840. The molecule has 1 aliphatic rings. The Labute approximate surface area is 121 Å². The summed E-state index contributed by atoms with van der Waals surface area (Å²) >= 11 is 0. The van der Waals surface area contributed by atoms with Crippen molar-refractivity contribution in [1.29, 1.82) is 0 Å². The van der Waals surface area contributed by atoms with E-state index in [2.05, 4.69) is 12.2 Å². The highest BCUT2D eigenvalue weighted by Gasteiger charge is 2.29. The molecular weight excluding hydrogens is 256 g/mol. The number of amides is 2. The Morgan fingerprint density at radius 1 is 1.30 bits per heavy atom. The standard InChI is InChI=1S/C15H28N2O3/c1-5-11(3)13(14(18)19)16-15(20)17(4)12-8-6-10(2)7-9-12/h10-13H,5-9H2,1-4H3,(H,16,20)(H,18,19)/t10?,11?,12?,13-/m0/s1. The average Bonchev–Trinajstić information content (AvgIpc) is 2.43. The first-order valence-corrected chi connectivity index (χ1v) is 7.62. The maximum Gasteiger partial charge on any atom is 0.326 e. The van der Waals surface area contributed by atoms with E-state index in [1.54, 1.807) is 11.9 Å². The van der Waals surface area contributed by atoms with Crippen LogP contribution < -0.4 is 5.32 Å². The van der Waals surface area contributed by atoms with Crippen LogP contribution in [0.15, 0.2) is 0 Å². The zero-order valence-corrected chi connectivity index (χ0v) is 13.1. The summed E-state index contributed by atoms with van der Waals surface area (Å²) < 4.78 is 0. The van der Waals surface area contributed by atoms with Crippen LogP contribution in [0.1, 0.15) is 52.9 Å². The van der Waals surface area contributed by atoms with Crippen LogP contribution in [-0.2, 0) is 4.79 Å². The molecule has 0 radical (unpaired) electrons. The summed E-state index contributed by atoms with van der Waals surface area (Å²) in [6.07, 6.45) is 5.01. The number of hydrogen-bond donors (Lipinski definition) is 2. The number of nitrogens with one attached hydrogen (secondary N) is 1. The fourth-order valence-corrected chi connectivity index (χ4v) is 2.71. The molecule has 1 rings (SSSR count). The van der Waals surface area contributed by atoms with E-state index in [1.807, 2.05) is 13.8 Å². The van der Waals surface area contributed by atoms with Gasteiger partial charge < -0.3 is 15.3 Å². The lowest BCUT2D eigenvalue weighted by Crippen LogP contribution is -2.52. The van der Waals surface area contributed by atoms with Crippen LogP contribution in [0.5, 0.6) is 0 Å². The molecule has 116 valence electrons. The molecule has 0 aromatic heterocycles. The van der Waals surface area contributed by atoms with Crippen LogP contribution in [0.4, 0.5) is 4.79 Å². The van der Waals surface area contributed by atoms with Gasteiger partial charge >= 0.3 is 12.0 Å². The highest BCUT2D eigenvalue weighted by molar-refractivity contribution is 5.82. The van der Waals surface area contributed by atoms with Crippen molar-refractivity contribution >= 4 is 12.0 Å². The zero-order chi connectivity index (χ0) is 15.3. The fourth-order valence-electron chi connectivity index (χ4n) is 2.71. The first-order chi connectivity index (χ1) is 9.36. The molecule has 1 aliphatic carbocycles. The van der Waals surface area contributed by atoms with Gasteiger partial charge in [0.15, 0.2) is 0 Å². The predicted molar refractivity (Wildman–Crippen MR) is 78.6 cm³/mol. The Hall–Kier alpha value is -1.26. The fraction of sp³-hybridized carbons (Fsp3) is 0.867. The van der Waals surface area contributed by atoms with E-state index in [1.165, 1.54) is 0 Å². The number of nitrogens with zero attached hydrogens (tertiary/aromatic N) is 1. The van der Waals surface area contributed by atoms with Crippen LogP contribution in [0.3, 0.4) is 0 Å². The van der Waals surface area contributed by atoms with Gasteiger partial charge in [0.05, 0.1) is 0 Å². The maximum absolute atomic E-state index is 12.2. The van der Waals surface area contributed by atoms with Crippen molar-refractivity contribution < 1.29 is 14.7 Å². The van der Waals surface area contributed by atoms with Crippen LogP contribution in [0.2, 0.25) is 0 Å². The molecule has 1 fully saturated rings. The summed E-state index contributed by atoms with van der Waals surface area (Å²) in [4.78, 5) is 25.1. The molecular formula is C15H28N2O3. The van der Waals surface area contributed by atoms with E-state index in [-0.39, 0.29) is 18.0 Å². The summed E-state index contributed by atoms with van der Waals surface area (Å²) in [5, 5.41) is 11.9. The largest absolute Gasteiger partial charge is 0.480 e. The van der Waals surface area contributed by atoms with Gasteiger partial charge in [0.1, 0.15) is 6.04 Å². The van der Waals surface area contributed by atoms with Crippen molar-refractivity contribution in [2.24, 2.45) is 11.8 Å². The molecule has 5 nitrogen and oxygen atoms in total. The van der Waals surface area contributed by atoms with Gasteiger partial charge in [0, 0.05) is 13.1 Å². The molecule has 2 amide bonds. The predicted octanol–water partition coefficient (Wildman–Crippen LogP) is 2.71. The van der Waals surface area contributed by atoms with Crippen molar-refractivity contribution in [2.75, 3.05) is 7.05 Å². The Morgan fingerprint density at radius 3 is 2.30 bits per heavy atom. The Bertz CT molecular complexity index is 338. The van der Waals surface area contributed by atoms with Crippen molar-refractivity contribution in [3.05, 3.63) is 0 Å². The van der Waals surface area contributed by atoms with Gasteiger partial charge in [-0.2, -0.15) is 0 Å². The first-order valence-electron chi connectivity index (χ1n) is 7.62. The number of aliphatic carboxylic acids is 1. The molecule has 0 heterocycles. The van der Waals surface area contributed by atoms with E-state index in [4.69, 9.17) is 0 Å². The van der Waals surface area contributed by atoms with Gasteiger partial charge in [-0.15, -0.1) is 0 Å². The zero-order valence-electron chi connectivity index (χ0n) is 13.1. The van der Waals surface area contributed by atoms with E-state index < -0.39 is 12.0 Å². The third-order valence-corrected chi connectivity index (χ3v) is 4.61. The Kier molecular flexibility index (Phi) is 6.30. The molecule has 0 bridgehead atoms. The van der Waals surface area contributed by atoms with Crippen molar-refractivity contribution in [2.45, 2.75) is 65.0 Å². The second-order valence-electron chi connectivity index (χ2n) is 6.18. The number of carboxylic acids is 1. The third kappa shape index (κ3) is 4.39. The van der Waals surface area contributed by atoms with Crippen molar-refractivity contribution in [1.82, 2.24) is 10.2 Å². The maximum atomic E-state index is 12.2. The lowest BCUT2D eigenvalue weighted by Gasteiger charge is -2.34. The van der Waals surface area contributed by atoms with Gasteiger partial charge in [-0.05, 0) is 37.5 Å². The summed E-state index contributed by atoms with van der Waals surface area (Å²) in [5.74, 6) is -0.302. The lowest BCUT2D eigenvalue weighted by atomic mass is 9.87. The SMILES string of the molecule is CCC(C)[C@H](NC(=O)N(C)C1CCC(C)CC1)C(=O)O. The molecule has 0 saturated heterocycles. The topological polar surface area (TPSA) is 69.6 Å². The van der Waals surface area contributed by atoms with Gasteiger partial charge in [0.2, 0.25) is 0 Å². The van der Waals surface area contributed by atoms with Gasteiger partial charge in [-0.1, -0.05) is 27.2 Å². The minimum absolute atomic E-state index is 0.0729. The van der Waals surface area contributed by atoms with E-state index in [0.29, 0.717) is 0 Å². The highest BCUT2D eigenvalue weighted by atomic mass is 16.4. The van der Waals surface area contributed by atoms with Crippen molar-refractivity contribution in [3.63, 3.8) is 0 Å². The van der Waals surface area contributed by atoms with Crippen LogP contribution in [0, 0.1) is 11.8 Å². The minimum Gasteiger partial charge on any atom is -0.480 e. The van der Waals surface area contributed by atoms with E-state index in [0.717, 1.165) is 38.0 Å². The number of carbonyl (C=O) groups is 2. The van der Waals surface area contributed by atoms with Gasteiger partial charge in [0.25, 0.3) is 0 Å². The molecule has 1 saturated carbocycles. The molecule has 1 unspecified atom stereocenters. The molecule has 0 aromatic rings. The summed E-state index contributed by atoms with van der Waals surface area (Å²) in [7, 11) is 1.77. The van der Waals surface area contributed by atoms with Crippen LogP contribution in [0.25, 0.3) is 0 Å². The number of rotatable bonds is 5.